The van der Waals surface area contributed by atoms with Gasteiger partial charge in [-0.25, -0.2) is 0 Å². The van der Waals surface area contributed by atoms with Crippen LogP contribution < -0.4 is 20.7 Å². The molecule has 274 valence electrons. The Labute approximate surface area is 352 Å². The van der Waals surface area contributed by atoms with Crippen molar-refractivity contribution >= 4 is 95.0 Å². The van der Waals surface area contributed by atoms with Crippen molar-refractivity contribution in [3.63, 3.8) is 0 Å². The average Bonchev–Trinajstić information content (AvgIpc) is 3.81. The van der Waals surface area contributed by atoms with Gasteiger partial charge in [0.2, 0.25) is 0 Å². The van der Waals surface area contributed by atoms with E-state index in [2.05, 4.69) is 256 Å². The second kappa shape index (κ2) is 14.2. The largest absolute Gasteiger partial charge is 0.309 e. The molecule has 0 aliphatic rings. The van der Waals surface area contributed by atoms with Gasteiger partial charge in [-0.2, -0.15) is 0 Å². The van der Waals surface area contributed by atoms with Gasteiger partial charge in [0.05, 0.1) is 27.8 Å². The Morgan fingerprint density at radius 1 is 0.310 bits per heavy atom. The summed E-state index contributed by atoms with van der Waals surface area (Å²) in [6, 6.07) is 83.1. The van der Waals surface area contributed by atoms with Gasteiger partial charge in [0.15, 0.2) is 8.07 Å². The molecule has 0 radical (unpaired) electrons. The maximum absolute atomic E-state index is 2.74. The number of hydrogen-bond donors (Lipinski definition) is 0. The quantitative estimate of drug-likeness (QED) is 0.0858. The second-order valence-electron chi connectivity index (χ2n) is 15.0. The molecule has 9 aromatic carbocycles. The smallest absolute Gasteiger partial charge is 0.179 e. The van der Waals surface area contributed by atoms with Gasteiger partial charge in [0, 0.05) is 30.8 Å². The van der Waals surface area contributed by atoms with Crippen molar-refractivity contribution in [2.24, 2.45) is 0 Å². The molecule has 11 aromatic rings. The summed E-state index contributed by atoms with van der Waals surface area (Å²) >= 11 is 2.55. The Morgan fingerprint density at radius 3 is 1.24 bits per heavy atom. The normalized spacial score (nSPS) is 11.9. The van der Waals surface area contributed by atoms with Crippen LogP contribution in [0.3, 0.4) is 0 Å². The minimum Gasteiger partial charge on any atom is -0.309 e. The van der Waals surface area contributed by atoms with E-state index in [-0.39, 0.29) is 0 Å². The second-order valence-corrected chi connectivity index (χ2v) is 20.0. The minimum atomic E-state index is -2.74. The Hall–Kier alpha value is -6.47. The third kappa shape index (κ3) is 5.43. The summed E-state index contributed by atoms with van der Waals surface area (Å²) in [5.41, 5.74) is 9.63. The minimum absolute atomic E-state index is 1.17. The summed E-state index contributed by atoms with van der Waals surface area (Å²) in [6.45, 7) is 0. The first-order valence-corrected chi connectivity index (χ1v) is 22.9. The standard InChI is InChI=1S/C54H37IN2Si/c55-49-32-31-44(58(41-19-7-2-8-20-41,42-21-9-3-10-22-42)43-23-11-4-12-24-43)37-54(49)57-51-28-16-14-26-46(51)48-36-39(30-34-53(48)57)38-29-33-52-47(35-38)45-25-13-15-27-50(45)56(52)40-17-5-1-6-18-40/h1-37H. The van der Waals surface area contributed by atoms with Gasteiger partial charge in [0.1, 0.15) is 0 Å². The van der Waals surface area contributed by atoms with E-state index in [1.165, 1.54) is 90.4 Å². The first-order chi connectivity index (χ1) is 28.7. The molecule has 4 heteroatoms. The molecule has 0 saturated carbocycles. The number of halogens is 1. The Morgan fingerprint density at radius 2 is 0.724 bits per heavy atom. The Bertz CT molecular complexity index is 3180. The molecule has 0 spiro atoms. The zero-order chi connectivity index (χ0) is 38.6. The number of fused-ring (bicyclic) bond motifs is 6. The number of nitrogens with zero attached hydrogens (tertiary/aromatic N) is 2. The molecule has 0 bridgehead atoms. The summed E-state index contributed by atoms with van der Waals surface area (Å²) in [6.07, 6.45) is 0. The van der Waals surface area contributed by atoms with Crippen molar-refractivity contribution in [3.8, 4) is 22.5 Å². The molecule has 0 fully saturated rings. The summed E-state index contributed by atoms with van der Waals surface area (Å²) < 4.78 is 6.09. The van der Waals surface area contributed by atoms with Crippen LogP contribution >= 0.6 is 22.6 Å². The molecule has 0 saturated heterocycles. The average molecular weight is 869 g/mol. The van der Waals surface area contributed by atoms with E-state index in [0.717, 1.165) is 0 Å². The SMILES string of the molecule is Ic1ccc([Si](c2ccccc2)(c2ccccc2)c2ccccc2)cc1-n1c2ccccc2c2cc(-c3ccc4c(c3)c3ccccc3n4-c3ccccc3)ccc21. The van der Waals surface area contributed by atoms with Crippen molar-refractivity contribution in [1.82, 2.24) is 9.13 Å². The highest BCUT2D eigenvalue weighted by atomic mass is 127. The summed E-state index contributed by atoms with van der Waals surface area (Å²) in [4.78, 5) is 0. The van der Waals surface area contributed by atoms with Crippen molar-refractivity contribution in [2.75, 3.05) is 0 Å². The zero-order valence-corrected chi connectivity index (χ0v) is 34.8. The first kappa shape index (κ1) is 34.7. The lowest BCUT2D eigenvalue weighted by molar-refractivity contribution is 1.17. The summed E-state index contributed by atoms with van der Waals surface area (Å²) in [7, 11) is -2.74. The summed E-state index contributed by atoms with van der Waals surface area (Å²) in [5, 5.41) is 10.5. The molecule has 0 unspecified atom stereocenters. The van der Waals surface area contributed by atoms with Crippen molar-refractivity contribution in [3.05, 3.63) is 228 Å². The van der Waals surface area contributed by atoms with Crippen LogP contribution in [0.1, 0.15) is 0 Å². The number of hydrogen-bond acceptors (Lipinski definition) is 0. The van der Waals surface area contributed by atoms with Crippen LogP contribution in [0.2, 0.25) is 0 Å². The Balaban J connectivity index is 1.12. The zero-order valence-electron chi connectivity index (χ0n) is 31.6. The number of benzene rings is 9. The molecule has 0 atom stereocenters. The topological polar surface area (TPSA) is 9.86 Å². The molecule has 0 amide bonds. The highest BCUT2D eigenvalue weighted by Gasteiger charge is 2.41. The van der Waals surface area contributed by atoms with E-state index >= 15 is 0 Å². The first-order valence-electron chi connectivity index (χ1n) is 19.8. The third-order valence-electron chi connectivity index (χ3n) is 11.9. The van der Waals surface area contributed by atoms with E-state index in [1.54, 1.807) is 0 Å². The number of rotatable bonds is 7. The fourth-order valence-corrected chi connectivity index (χ4v) is 14.7. The lowest BCUT2D eigenvalue weighted by atomic mass is 10.0. The molecule has 11 rings (SSSR count). The van der Waals surface area contributed by atoms with Gasteiger partial charge >= 0.3 is 0 Å². The molecule has 0 aliphatic carbocycles. The van der Waals surface area contributed by atoms with E-state index in [9.17, 15) is 0 Å². The van der Waals surface area contributed by atoms with Crippen LogP contribution in [0.15, 0.2) is 224 Å². The van der Waals surface area contributed by atoms with Gasteiger partial charge in [-0.3, -0.25) is 0 Å². The lowest BCUT2D eigenvalue weighted by Gasteiger charge is -2.35. The molecule has 0 aliphatic heterocycles. The number of para-hydroxylation sites is 3. The van der Waals surface area contributed by atoms with E-state index in [0.29, 0.717) is 0 Å². The van der Waals surface area contributed by atoms with Crippen molar-refractivity contribution in [1.29, 1.82) is 0 Å². The van der Waals surface area contributed by atoms with Gasteiger partial charge in [0.25, 0.3) is 0 Å². The van der Waals surface area contributed by atoms with Crippen molar-refractivity contribution in [2.45, 2.75) is 0 Å². The van der Waals surface area contributed by atoms with Crippen LogP contribution in [0.25, 0.3) is 66.1 Å². The summed E-state index contributed by atoms with van der Waals surface area (Å²) in [5.74, 6) is 0. The fourth-order valence-electron chi connectivity index (χ4n) is 9.40. The highest BCUT2D eigenvalue weighted by Crippen LogP contribution is 2.38. The molecule has 2 aromatic heterocycles. The lowest BCUT2D eigenvalue weighted by Crippen LogP contribution is -2.74. The molecule has 0 N–H and O–H groups in total. The Kier molecular flexibility index (Phi) is 8.49. The maximum atomic E-state index is 2.55. The molecule has 2 nitrogen and oxygen atoms in total. The van der Waals surface area contributed by atoms with Gasteiger partial charge in [-0.1, -0.05) is 164 Å². The maximum Gasteiger partial charge on any atom is 0.179 e. The predicted molar refractivity (Wildman–Crippen MR) is 257 cm³/mol. The van der Waals surface area contributed by atoms with Gasteiger partial charge in [-0.05, 0) is 115 Å². The molecule has 58 heavy (non-hydrogen) atoms. The molecular weight excluding hydrogens is 832 g/mol. The van der Waals surface area contributed by atoms with E-state index < -0.39 is 8.07 Å². The predicted octanol–water partition coefficient (Wildman–Crippen LogP) is 11.5. The van der Waals surface area contributed by atoms with Crippen LogP contribution in [-0.2, 0) is 0 Å². The molecular formula is C54H37IN2Si. The van der Waals surface area contributed by atoms with Crippen LogP contribution in [0, 0.1) is 3.57 Å². The highest BCUT2D eigenvalue weighted by molar-refractivity contribution is 14.1. The van der Waals surface area contributed by atoms with Crippen LogP contribution in [-0.4, -0.2) is 17.2 Å². The van der Waals surface area contributed by atoms with Crippen molar-refractivity contribution < 1.29 is 0 Å². The van der Waals surface area contributed by atoms with E-state index in [4.69, 9.17) is 0 Å². The fraction of sp³-hybridized carbons (Fsp3) is 0. The van der Waals surface area contributed by atoms with Gasteiger partial charge < -0.3 is 9.13 Å². The molecule has 2 heterocycles. The number of aromatic nitrogens is 2. The van der Waals surface area contributed by atoms with Crippen LogP contribution in [0.5, 0.6) is 0 Å². The monoisotopic (exact) mass is 868 g/mol. The third-order valence-corrected chi connectivity index (χ3v) is 17.6. The van der Waals surface area contributed by atoms with Crippen LogP contribution in [0.4, 0.5) is 0 Å². The van der Waals surface area contributed by atoms with E-state index in [1.807, 2.05) is 0 Å². The van der Waals surface area contributed by atoms with Gasteiger partial charge in [-0.15, -0.1) is 0 Å².